The van der Waals surface area contributed by atoms with Gasteiger partial charge >= 0.3 is 17.6 Å². The molecule has 0 saturated heterocycles. The number of fused-ring (bicyclic) bond motifs is 1. The number of benzene rings is 2. The first-order chi connectivity index (χ1) is 15.0. The number of aromatic nitrogens is 2. The summed E-state index contributed by atoms with van der Waals surface area (Å²) in [6.07, 6.45) is 0. The molecule has 0 aliphatic rings. The van der Waals surface area contributed by atoms with E-state index in [2.05, 4.69) is 4.98 Å². The van der Waals surface area contributed by atoms with Gasteiger partial charge in [-0.3, -0.25) is 0 Å². The lowest BCUT2D eigenvalue weighted by Gasteiger charge is -2.12. The van der Waals surface area contributed by atoms with Crippen LogP contribution in [0, 0.1) is 5.21 Å². The van der Waals surface area contributed by atoms with Gasteiger partial charge in [-0.2, -0.15) is 4.73 Å². The van der Waals surface area contributed by atoms with Crippen molar-refractivity contribution >= 4 is 23.0 Å². The average Bonchev–Trinajstić information content (AvgIpc) is 2.78. The molecule has 0 bridgehead atoms. The second-order valence-electron chi connectivity index (χ2n) is 6.31. The molecule has 0 saturated carbocycles. The fourth-order valence-electron chi connectivity index (χ4n) is 2.92. The van der Waals surface area contributed by atoms with Crippen molar-refractivity contribution in [1.82, 2.24) is 4.98 Å². The zero-order valence-corrected chi connectivity index (χ0v) is 17.4. The summed E-state index contributed by atoms with van der Waals surface area (Å²) in [5.41, 5.74) is 0.354. The molecule has 2 aromatic carbocycles. The Morgan fingerprint density at radius 3 is 2.52 bits per heavy atom. The van der Waals surface area contributed by atoms with Crippen molar-refractivity contribution in [3.05, 3.63) is 64.6 Å². The quantitative estimate of drug-likeness (QED) is 0.307. The lowest BCUT2D eigenvalue weighted by Crippen LogP contribution is -2.39. The van der Waals surface area contributed by atoms with Crippen molar-refractivity contribution in [2.24, 2.45) is 0 Å². The van der Waals surface area contributed by atoms with E-state index in [1.807, 2.05) is 6.92 Å². The molecule has 0 spiro atoms. The molecule has 0 radical (unpaired) electrons. The van der Waals surface area contributed by atoms with Gasteiger partial charge < -0.3 is 24.2 Å². The van der Waals surface area contributed by atoms with Gasteiger partial charge in [0.1, 0.15) is 23.6 Å². The van der Waals surface area contributed by atoms with Crippen LogP contribution in [0.25, 0.3) is 11.0 Å². The summed E-state index contributed by atoms with van der Waals surface area (Å²) in [5, 5.41) is 13.0. The monoisotopic (exact) mass is 426 g/mol. The second kappa shape index (κ2) is 9.75. The van der Waals surface area contributed by atoms with Crippen molar-refractivity contribution in [1.29, 1.82) is 0 Å². The number of nitrogens with zero attached hydrogens (tertiary/aromatic N) is 2. The molecule has 0 amide bonds. The maximum absolute atomic E-state index is 13.0. The Bertz CT molecular complexity index is 1110. The molecule has 31 heavy (non-hydrogen) atoms. The first-order valence-corrected chi connectivity index (χ1v) is 9.65. The van der Waals surface area contributed by atoms with Gasteiger partial charge in [0.2, 0.25) is 5.52 Å². The van der Waals surface area contributed by atoms with Gasteiger partial charge in [0, 0.05) is 0 Å². The Labute approximate surface area is 178 Å². The van der Waals surface area contributed by atoms with Gasteiger partial charge in [-0.15, -0.1) is 0 Å². The summed E-state index contributed by atoms with van der Waals surface area (Å²) in [7, 11) is 1.49. The molecule has 0 aliphatic heterocycles. The van der Waals surface area contributed by atoms with Crippen LogP contribution in [0.5, 0.6) is 11.5 Å². The summed E-state index contributed by atoms with van der Waals surface area (Å²) >= 11 is 0. The lowest BCUT2D eigenvalue weighted by molar-refractivity contribution is -0.581. The molecule has 3 rings (SSSR count). The zero-order chi connectivity index (χ0) is 22.4. The van der Waals surface area contributed by atoms with Crippen molar-refractivity contribution in [2.75, 3.05) is 20.3 Å². The third-order valence-corrected chi connectivity index (χ3v) is 4.32. The van der Waals surface area contributed by atoms with E-state index in [0.29, 0.717) is 28.4 Å². The largest absolute Gasteiger partial charge is 0.618 e. The minimum absolute atomic E-state index is 0.0126. The highest BCUT2D eigenvalue weighted by Gasteiger charge is 2.29. The molecule has 0 aliphatic carbocycles. The van der Waals surface area contributed by atoms with Crippen LogP contribution < -0.4 is 14.2 Å². The third kappa shape index (κ3) is 4.82. The number of carbonyl (C=O) groups is 2. The Morgan fingerprint density at radius 1 is 1.00 bits per heavy atom. The normalized spacial score (nSPS) is 10.5. The molecule has 3 aromatic rings. The molecule has 1 aromatic heterocycles. The van der Waals surface area contributed by atoms with Crippen LogP contribution in [0.1, 0.15) is 40.4 Å². The number of ether oxygens (including phenoxy) is 4. The zero-order valence-electron chi connectivity index (χ0n) is 17.4. The number of hydrogen-bond acceptors (Lipinski definition) is 8. The SMILES string of the molecule is CCOC(=O)c1c(COC(=O)c2cccc(OC)c2)nc2ccc(OCC)cc2[n+]1[O-]. The smallest absolute Gasteiger partial charge is 0.407 e. The van der Waals surface area contributed by atoms with Crippen molar-refractivity contribution in [2.45, 2.75) is 20.5 Å². The molecular weight excluding hydrogens is 404 g/mol. The summed E-state index contributed by atoms with van der Waals surface area (Å²) in [6.45, 7) is 3.53. The number of methoxy groups -OCH3 is 1. The fourth-order valence-corrected chi connectivity index (χ4v) is 2.92. The molecule has 9 nitrogen and oxygen atoms in total. The highest BCUT2D eigenvalue weighted by molar-refractivity contribution is 5.91. The van der Waals surface area contributed by atoms with Crippen molar-refractivity contribution < 1.29 is 33.3 Å². The van der Waals surface area contributed by atoms with E-state index in [0.717, 1.165) is 0 Å². The minimum atomic E-state index is -0.860. The Morgan fingerprint density at radius 2 is 1.81 bits per heavy atom. The first kappa shape index (κ1) is 21.8. The van der Waals surface area contributed by atoms with Crippen molar-refractivity contribution in [3.8, 4) is 11.5 Å². The summed E-state index contributed by atoms with van der Waals surface area (Å²) in [4.78, 5) is 29.3. The highest BCUT2D eigenvalue weighted by Crippen LogP contribution is 2.20. The standard InChI is InChI=1S/C22H22N2O7/c1-4-29-16-9-10-17-19(12-16)24(27)20(22(26)30-5-2)18(23-17)13-31-21(25)14-7-6-8-15(11-14)28-3/h6-12H,4-5,13H2,1-3H3. The van der Waals surface area contributed by atoms with E-state index >= 15 is 0 Å². The summed E-state index contributed by atoms with van der Waals surface area (Å²) in [6, 6.07) is 11.2. The molecule has 0 unspecified atom stereocenters. The molecule has 162 valence electrons. The van der Waals surface area contributed by atoms with Crippen LogP contribution >= 0.6 is 0 Å². The van der Waals surface area contributed by atoms with Crippen LogP contribution in [0.15, 0.2) is 42.5 Å². The van der Waals surface area contributed by atoms with Crippen LogP contribution in [-0.4, -0.2) is 37.2 Å². The third-order valence-electron chi connectivity index (χ3n) is 4.32. The van der Waals surface area contributed by atoms with E-state index in [1.165, 1.54) is 19.2 Å². The minimum Gasteiger partial charge on any atom is -0.618 e. The topological polar surface area (TPSA) is 111 Å². The molecule has 1 heterocycles. The van der Waals surface area contributed by atoms with E-state index in [1.54, 1.807) is 37.3 Å². The maximum atomic E-state index is 13.0. The number of rotatable bonds is 8. The first-order valence-electron chi connectivity index (χ1n) is 9.65. The van der Waals surface area contributed by atoms with Crippen LogP contribution in [0.2, 0.25) is 0 Å². The van der Waals surface area contributed by atoms with Gasteiger partial charge in [0.05, 0.1) is 32.0 Å². The molecular formula is C22H22N2O7. The number of carbonyl (C=O) groups excluding carboxylic acids is 2. The van der Waals surface area contributed by atoms with Crippen LogP contribution in [-0.2, 0) is 16.1 Å². The van der Waals surface area contributed by atoms with Gasteiger partial charge in [0.15, 0.2) is 5.69 Å². The highest BCUT2D eigenvalue weighted by atomic mass is 16.5. The van der Waals surface area contributed by atoms with Crippen LogP contribution in [0.3, 0.4) is 0 Å². The molecule has 0 fully saturated rings. The Balaban J connectivity index is 1.97. The average molecular weight is 426 g/mol. The number of esters is 2. The fraction of sp³-hybridized carbons (Fsp3) is 0.273. The van der Waals surface area contributed by atoms with E-state index in [9.17, 15) is 14.8 Å². The van der Waals surface area contributed by atoms with Gasteiger partial charge in [0.25, 0.3) is 0 Å². The Hall–Kier alpha value is -3.88. The summed E-state index contributed by atoms with van der Waals surface area (Å²) in [5.74, 6) is -0.553. The maximum Gasteiger partial charge on any atom is 0.407 e. The van der Waals surface area contributed by atoms with E-state index < -0.39 is 18.5 Å². The van der Waals surface area contributed by atoms with Crippen LogP contribution in [0.4, 0.5) is 0 Å². The lowest BCUT2D eigenvalue weighted by atomic mass is 10.2. The summed E-state index contributed by atoms with van der Waals surface area (Å²) < 4.78 is 21.3. The van der Waals surface area contributed by atoms with Gasteiger partial charge in [-0.05, 0) is 44.2 Å². The predicted molar refractivity (Wildman–Crippen MR) is 110 cm³/mol. The van der Waals surface area contributed by atoms with E-state index in [4.69, 9.17) is 18.9 Å². The second-order valence-corrected chi connectivity index (χ2v) is 6.31. The van der Waals surface area contributed by atoms with Gasteiger partial charge in [-0.1, -0.05) is 6.07 Å². The van der Waals surface area contributed by atoms with Crippen molar-refractivity contribution in [3.63, 3.8) is 0 Å². The predicted octanol–water partition coefficient (Wildman–Crippen LogP) is 2.81. The molecule has 0 N–H and O–H groups in total. The number of hydrogen-bond donors (Lipinski definition) is 0. The Kier molecular flexibility index (Phi) is 6.86. The van der Waals surface area contributed by atoms with Gasteiger partial charge in [-0.25, -0.2) is 14.6 Å². The molecule has 0 atom stereocenters. The van der Waals surface area contributed by atoms with E-state index in [-0.39, 0.29) is 29.1 Å². The molecule has 9 heteroatoms.